The zero-order valence-electron chi connectivity index (χ0n) is 12.2. The molecule has 1 atom stereocenters. The molecule has 0 aliphatic carbocycles. The quantitative estimate of drug-likeness (QED) is 0.914. The van der Waals surface area contributed by atoms with Gasteiger partial charge in [-0.3, -0.25) is 9.80 Å². The van der Waals surface area contributed by atoms with E-state index in [9.17, 15) is 0 Å². The lowest BCUT2D eigenvalue weighted by Crippen LogP contribution is -2.64. The van der Waals surface area contributed by atoms with Crippen LogP contribution in [0.25, 0.3) is 0 Å². The van der Waals surface area contributed by atoms with Gasteiger partial charge in [0.2, 0.25) is 0 Å². The molecule has 20 heavy (non-hydrogen) atoms. The van der Waals surface area contributed by atoms with Gasteiger partial charge in [-0.25, -0.2) is 0 Å². The molecule has 0 saturated carbocycles. The average molecular weight is 294 g/mol. The van der Waals surface area contributed by atoms with Crippen LogP contribution in [0.2, 0.25) is 5.02 Å². The molecule has 1 aromatic carbocycles. The van der Waals surface area contributed by atoms with Crippen LogP contribution < -0.4 is 5.32 Å². The van der Waals surface area contributed by atoms with Crippen LogP contribution in [0.1, 0.15) is 12.5 Å². The SMILES string of the molecule is CC(Cc1ccc(Cl)cc1)N1CC(N2CCNCC2)C1. The predicted molar refractivity (Wildman–Crippen MR) is 84.4 cm³/mol. The Hall–Kier alpha value is -0.610. The summed E-state index contributed by atoms with van der Waals surface area (Å²) in [6, 6.07) is 9.67. The first-order valence-electron chi connectivity index (χ1n) is 7.65. The van der Waals surface area contributed by atoms with E-state index in [-0.39, 0.29) is 0 Å². The van der Waals surface area contributed by atoms with Crippen LogP contribution in [0, 0.1) is 0 Å². The minimum absolute atomic E-state index is 0.621. The van der Waals surface area contributed by atoms with Crippen molar-refractivity contribution in [2.45, 2.75) is 25.4 Å². The molecule has 2 fully saturated rings. The summed E-state index contributed by atoms with van der Waals surface area (Å²) in [5.74, 6) is 0. The summed E-state index contributed by atoms with van der Waals surface area (Å²) in [5.41, 5.74) is 1.38. The molecule has 2 aliphatic rings. The Labute approximate surface area is 126 Å². The van der Waals surface area contributed by atoms with Crippen LogP contribution in [0.5, 0.6) is 0 Å². The van der Waals surface area contributed by atoms with Gasteiger partial charge in [-0.15, -0.1) is 0 Å². The fourth-order valence-electron chi connectivity index (χ4n) is 3.22. The van der Waals surface area contributed by atoms with Crippen molar-refractivity contribution in [3.8, 4) is 0 Å². The highest BCUT2D eigenvalue weighted by molar-refractivity contribution is 6.30. The minimum Gasteiger partial charge on any atom is -0.314 e. The number of piperazine rings is 1. The van der Waals surface area contributed by atoms with Gasteiger partial charge in [0.15, 0.2) is 0 Å². The van der Waals surface area contributed by atoms with E-state index >= 15 is 0 Å². The minimum atomic E-state index is 0.621. The van der Waals surface area contributed by atoms with Gasteiger partial charge in [0.1, 0.15) is 0 Å². The molecule has 3 rings (SSSR count). The molecule has 0 bridgehead atoms. The number of nitrogens with zero attached hydrogens (tertiary/aromatic N) is 2. The average Bonchev–Trinajstić information content (AvgIpc) is 2.41. The largest absolute Gasteiger partial charge is 0.314 e. The molecule has 1 N–H and O–H groups in total. The lowest BCUT2D eigenvalue weighted by molar-refractivity contribution is 0.00427. The molecular formula is C16H24ClN3. The van der Waals surface area contributed by atoms with Gasteiger partial charge in [-0.2, -0.15) is 0 Å². The molecule has 4 heteroatoms. The van der Waals surface area contributed by atoms with Crippen LogP contribution in [-0.4, -0.2) is 61.2 Å². The Morgan fingerprint density at radius 1 is 1.20 bits per heavy atom. The summed E-state index contributed by atoms with van der Waals surface area (Å²) < 4.78 is 0. The number of nitrogens with one attached hydrogen (secondary N) is 1. The maximum atomic E-state index is 5.93. The lowest BCUT2D eigenvalue weighted by Gasteiger charge is -2.49. The van der Waals surface area contributed by atoms with Gasteiger partial charge in [0.25, 0.3) is 0 Å². The van der Waals surface area contributed by atoms with Crippen molar-refractivity contribution in [1.29, 1.82) is 0 Å². The summed E-state index contributed by atoms with van der Waals surface area (Å²) in [7, 11) is 0. The van der Waals surface area contributed by atoms with Crippen molar-refractivity contribution in [1.82, 2.24) is 15.1 Å². The molecule has 0 spiro atoms. The Morgan fingerprint density at radius 2 is 1.85 bits per heavy atom. The fraction of sp³-hybridized carbons (Fsp3) is 0.625. The maximum Gasteiger partial charge on any atom is 0.0406 e. The third-order valence-corrected chi connectivity index (χ3v) is 4.88. The molecule has 0 aromatic heterocycles. The summed E-state index contributed by atoms with van der Waals surface area (Å²) >= 11 is 5.93. The van der Waals surface area contributed by atoms with E-state index in [0.29, 0.717) is 6.04 Å². The van der Waals surface area contributed by atoms with Crippen molar-refractivity contribution in [3.63, 3.8) is 0 Å². The van der Waals surface area contributed by atoms with E-state index in [1.807, 2.05) is 12.1 Å². The van der Waals surface area contributed by atoms with Crippen LogP contribution in [0.15, 0.2) is 24.3 Å². The van der Waals surface area contributed by atoms with Gasteiger partial charge in [0, 0.05) is 56.4 Å². The third kappa shape index (κ3) is 3.34. The number of benzene rings is 1. The summed E-state index contributed by atoms with van der Waals surface area (Å²) in [4.78, 5) is 5.24. The fourth-order valence-corrected chi connectivity index (χ4v) is 3.34. The second-order valence-corrected chi connectivity index (χ2v) is 6.51. The van der Waals surface area contributed by atoms with E-state index in [4.69, 9.17) is 11.6 Å². The molecule has 1 unspecified atom stereocenters. The first kappa shape index (κ1) is 14.3. The number of rotatable bonds is 4. The van der Waals surface area contributed by atoms with Crippen molar-refractivity contribution in [2.24, 2.45) is 0 Å². The second-order valence-electron chi connectivity index (χ2n) is 6.07. The standard InChI is InChI=1S/C16H24ClN3/c1-13(10-14-2-4-15(17)5-3-14)20-11-16(12-20)19-8-6-18-7-9-19/h2-5,13,16,18H,6-12H2,1H3. The van der Waals surface area contributed by atoms with E-state index in [1.54, 1.807) is 0 Å². The van der Waals surface area contributed by atoms with Crippen LogP contribution in [-0.2, 0) is 6.42 Å². The maximum absolute atomic E-state index is 5.93. The number of halogens is 1. The molecule has 110 valence electrons. The van der Waals surface area contributed by atoms with Crippen molar-refractivity contribution < 1.29 is 0 Å². The Morgan fingerprint density at radius 3 is 2.50 bits per heavy atom. The highest BCUT2D eigenvalue weighted by Gasteiger charge is 2.34. The van der Waals surface area contributed by atoms with E-state index in [2.05, 4.69) is 34.2 Å². The molecule has 3 nitrogen and oxygen atoms in total. The molecule has 0 amide bonds. The van der Waals surface area contributed by atoms with Gasteiger partial charge in [-0.05, 0) is 31.0 Å². The number of likely N-dealkylation sites (tertiary alicyclic amines) is 1. The van der Waals surface area contributed by atoms with Crippen LogP contribution in [0.4, 0.5) is 0 Å². The zero-order chi connectivity index (χ0) is 13.9. The van der Waals surface area contributed by atoms with E-state index in [0.717, 1.165) is 30.6 Å². The lowest BCUT2D eigenvalue weighted by atomic mass is 9.99. The first-order valence-corrected chi connectivity index (χ1v) is 8.03. The normalized spacial score (nSPS) is 23.5. The van der Waals surface area contributed by atoms with Crippen molar-refractivity contribution in [3.05, 3.63) is 34.9 Å². The van der Waals surface area contributed by atoms with Gasteiger partial charge < -0.3 is 5.32 Å². The van der Waals surface area contributed by atoms with Gasteiger partial charge in [-0.1, -0.05) is 23.7 Å². The van der Waals surface area contributed by atoms with Crippen LogP contribution >= 0.6 is 11.6 Å². The monoisotopic (exact) mass is 293 g/mol. The van der Waals surface area contributed by atoms with E-state index in [1.165, 1.54) is 31.7 Å². The molecule has 2 saturated heterocycles. The van der Waals surface area contributed by atoms with Gasteiger partial charge in [0.05, 0.1) is 0 Å². The summed E-state index contributed by atoms with van der Waals surface area (Å²) in [6.07, 6.45) is 1.12. The predicted octanol–water partition coefficient (Wildman–Crippen LogP) is 1.86. The second kappa shape index (κ2) is 6.44. The Balaban J connectivity index is 1.45. The third-order valence-electron chi connectivity index (χ3n) is 4.63. The topological polar surface area (TPSA) is 18.5 Å². The van der Waals surface area contributed by atoms with Gasteiger partial charge >= 0.3 is 0 Å². The smallest absolute Gasteiger partial charge is 0.0406 e. The highest BCUT2D eigenvalue weighted by atomic mass is 35.5. The van der Waals surface area contributed by atoms with Crippen molar-refractivity contribution in [2.75, 3.05) is 39.3 Å². The number of hydrogen-bond acceptors (Lipinski definition) is 3. The Bertz CT molecular complexity index is 422. The Kier molecular flexibility index (Phi) is 4.61. The van der Waals surface area contributed by atoms with Crippen molar-refractivity contribution >= 4 is 11.6 Å². The zero-order valence-corrected chi connectivity index (χ0v) is 12.9. The van der Waals surface area contributed by atoms with E-state index < -0.39 is 0 Å². The first-order chi connectivity index (χ1) is 9.72. The van der Waals surface area contributed by atoms with Crippen LogP contribution in [0.3, 0.4) is 0 Å². The highest BCUT2D eigenvalue weighted by Crippen LogP contribution is 2.21. The molecular weight excluding hydrogens is 270 g/mol. The summed E-state index contributed by atoms with van der Waals surface area (Å²) in [6.45, 7) is 9.52. The molecule has 1 aromatic rings. The molecule has 2 aliphatic heterocycles. The molecule has 0 radical (unpaired) electrons. The number of hydrogen-bond donors (Lipinski definition) is 1. The molecule has 2 heterocycles. The summed E-state index contributed by atoms with van der Waals surface area (Å²) in [5, 5.41) is 4.25.